The van der Waals surface area contributed by atoms with Gasteiger partial charge in [0.25, 0.3) is 5.91 Å². The van der Waals surface area contributed by atoms with E-state index < -0.39 is 0 Å². The molecular weight excluding hydrogens is 246 g/mol. The fourth-order valence-electron chi connectivity index (χ4n) is 2.06. The first-order valence-corrected chi connectivity index (χ1v) is 6.41. The minimum atomic E-state index is -0.360. The van der Waals surface area contributed by atoms with Gasteiger partial charge in [0.05, 0.1) is 12.1 Å². The molecule has 19 heavy (non-hydrogen) atoms. The van der Waals surface area contributed by atoms with E-state index in [-0.39, 0.29) is 23.9 Å². The first-order valence-electron chi connectivity index (χ1n) is 6.41. The van der Waals surface area contributed by atoms with Crippen LogP contribution in [0.15, 0.2) is 23.1 Å². The summed E-state index contributed by atoms with van der Waals surface area (Å²) in [5.41, 5.74) is 0.0759. The quantitative estimate of drug-likeness (QED) is 0.812. The lowest BCUT2D eigenvalue weighted by atomic mass is 10.1. The standard InChI is InChI=1S/C13H17N3O3/c17-11-5-4-10(8-14-11)13(19)15-9-12(18)16-6-2-1-3-7-16/h4-5,8H,1-3,6-7,9H2,(H,14,17)(H,15,19). The molecule has 6 nitrogen and oxygen atoms in total. The SMILES string of the molecule is O=C(NCC(=O)N1CCCCC1)c1ccc(=O)[nH]c1. The topological polar surface area (TPSA) is 82.3 Å². The maximum atomic E-state index is 11.8. The van der Waals surface area contributed by atoms with E-state index in [1.807, 2.05) is 0 Å². The van der Waals surface area contributed by atoms with Crippen LogP contribution in [0.3, 0.4) is 0 Å². The van der Waals surface area contributed by atoms with Crippen LogP contribution in [-0.4, -0.2) is 41.3 Å². The Balaban J connectivity index is 1.84. The Morgan fingerprint density at radius 1 is 1.21 bits per heavy atom. The van der Waals surface area contributed by atoms with Crippen LogP contribution in [-0.2, 0) is 4.79 Å². The zero-order valence-corrected chi connectivity index (χ0v) is 10.6. The third kappa shape index (κ3) is 3.67. The molecule has 0 aromatic carbocycles. The van der Waals surface area contributed by atoms with Gasteiger partial charge in [-0.2, -0.15) is 0 Å². The molecule has 0 atom stereocenters. The maximum Gasteiger partial charge on any atom is 0.253 e. The summed E-state index contributed by atoms with van der Waals surface area (Å²) in [5.74, 6) is -0.418. The predicted molar refractivity (Wildman–Crippen MR) is 69.8 cm³/mol. The van der Waals surface area contributed by atoms with Crippen molar-refractivity contribution >= 4 is 11.8 Å². The van der Waals surface area contributed by atoms with Crippen LogP contribution in [0.5, 0.6) is 0 Å². The zero-order valence-electron chi connectivity index (χ0n) is 10.6. The van der Waals surface area contributed by atoms with E-state index >= 15 is 0 Å². The molecule has 0 saturated carbocycles. The minimum absolute atomic E-state index is 0.00202. The monoisotopic (exact) mass is 263 g/mol. The molecule has 0 radical (unpaired) electrons. The molecule has 0 unspecified atom stereocenters. The Bertz CT molecular complexity index is 498. The molecule has 2 rings (SSSR count). The van der Waals surface area contributed by atoms with Crippen molar-refractivity contribution in [3.05, 3.63) is 34.2 Å². The van der Waals surface area contributed by atoms with Crippen molar-refractivity contribution < 1.29 is 9.59 Å². The molecule has 6 heteroatoms. The summed E-state index contributed by atoms with van der Waals surface area (Å²) in [4.78, 5) is 38.6. The summed E-state index contributed by atoms with van der Waals surface area (Å²) < 4.78 is 0. The number of hydrogen-bond acceptors (Lipinski definition) is 3. The van der Waals surface area contributed by atoms with Gasteiger partial charge >= 0.3 is 0 Å². The van der Waals surface area contributed by atoms with Gasteiger partial charge in [0.1, 0.15) is 0 Å². The van der Waals surface area contributed by atoms with E-state index in [0.717, 1.165) is 32.4 Å². The lowest BCUT2D eigenvalue weighted by Gasteiger charge is -2.26. The maximum absolute atomic E-state index is 11.8. The molecule has 2 N–H and O–H groups in total. The molecular formula is C13H17N3O3. The number of aromatic amines is 1. The highest BCUT2D eigenvalue weighted by Crippen LogP contribution is 2.08. The van der Waals surface area contributed by atoms with E-state index in [1.54, 1.807) is 4.90 Å². The second-order valence-corrected chi connectivity index (χ2v) is 4.57. The summed E-state index contributed by atoms with van der Waals surface area (Å²) in [6.07, 6.45) is 4.55. The molecule has 2 amide bonds. The molecule has 1 aliphatic heterocycles. The Hall–Kier alpha value is -2.11. The van der Waals surface area contributed by atoms with Gasteiger partial charge in [0, 0.05) is 25.4 Å². The molecule has 0 spiro atoms. The fourth-order valence-corrected chi connectivity index (χ4v) is 2.06. The van der Waals surface area contributed by atoms with Gasteiger partial charge in [-0.05, 0) is 25.3 Å². The van der Waals surface area contributed by atoms with Crippen molar-refractivity contribution in [1.82, 2.24) is 15.2 Å². The second kappa shape index (κ2) is 6.17. The molecule has 1 aliphatic rings. The van der Waals surface area contributed by atoms with Crippen LogP contribution in [0, 0.1) is 0 Å². The van der Waals surface area contributed by atoms with Gasteiger partial charge in [0.15, 0.2) is 0 Å². The Morgan fingerprint density at radius 2 is 1.95 bits per heavy atom. The van der Waals surface area contributed by atoms with Gasteiger partial charge < -0.3 is 15.2 Å². The zero-order chi connectivity index (χ0) is 13.7. The van der Waals surface area contributed by atoms with Crippen LogP contribution in [0.2, 0.25) is 0 Å². The highest BCUT2D eigenvalue weighted by molar-refractivity contribution is 5.96. The number of carbonyl (C=O) groups excluding carboxylic acids is 2. The average Bonchev–Trinajstić information content (AvgIpc) is 2.46. The molecule has 1 saturated heterocycles. The smallest absolute Gasteiger partial charge is 0.253 e. The van der Waals surface area contributed by atoms with Crippen molar-refractivity contribution in [3.8, 4) is 0 Å². The number of nitrogens with one attached hydrogen (secondary N) is 2. The van der Waals surface area contributed by atoms with E-state index in [2.05, 4.69) is 10.3 Å². The van der Waals surface area contributed by atoms with E-state index in [0.29, 0.717) is 5.56 Å². The number of hydrogen-bond donors (Lipinski definition) is 2. The molecule has 1 fully saturated rings. The normalized spacial score (nSPS) is 15.1. The Labute approximate surface area is 110 Å². The highest BCUT2D eigenvalue weighted by atomic mass is 16.2. The molecule has 102 valence electrons. The Kier molecular flexibility index (Phi) is 4.33. The van der Waals surface area contributed by atoms with Crippen molar-refractivity contribution in [2.24, 2.45) is 0 Å². The van der Waals surface area contributed by atoms with E-state index in [1.165, 1.54) is 18.3 Å². The van der Waals surface area contributed by atoms with Gasteiger partial charge in [0.2, 0.25) is 11.5 Å². The van der Waals surface area contributed by atoms with Crippen LogP contribution >= 0.6 is 0 Å². The first kappa shape index (κ1) is 13.3. The third-order valence-electron chi connectivity index (χ3n) is 3.16. The van der Waals surface area contributed by atoms with Gasteiger partial charge in [-0.25, -0.2) is 0 Å². The molecule has 2 heterocycles. The lowest BCUT2D eigenvalue weighted by Crippen LogP contribution is -2.42. The third-order valence-corrected chi connectivity index (χ3v) is 3.16. The number of pyridine rings is 1. The average molecular weight is 263 g/mol. The van der Waals surface area contributed by atoms with Crippen molar-refractivity contribution in [3.63, 3.8) is 0 Å². The number of carbonyl (C=O) groups is 2. The number of amides is 2. The number of rotatable bonds is 3. The minimum Gasteiger partial charge on any atom is -0.343 e. The molecule has 1 aromatic heterocycles. The van der Waals surface area contributed by atoms with Gasteiger partial charge in [-0.3, -0.25) is 14.4 Å². The van der Waals surface area contributed by atoms with E-state index in [4.69, 9.17) is 0 Å². The number of H-pyrrole nitrogens is 1. The molecule has 0 aliphatic carbocycles. The summed E-state index contributed by atoms with van der Waals surface area (Å²) in [5, 5.41) is 2.56. The van der Waals surface area contributed by atoms with Crippen molar-refractivity contribution in [2.45, 2.75) is 19.3 Å². The lowest BCUT2D eigenvalue weighted by molar-refractivity contribution is -0.130. The highest BCUT2D eigenvalue weighted by Gasteiger charge is 2.17. The molecule has 0 bridgehead atoms. The fraction of sp³-hybridized carbons (Fsp3) is 0.462. The number of nitrogens with zero attached hydrogens (tertiary/aromatic N) is 1. The molecule has 1 aromatic rings. The van der Waals surface area contributed by atoms with Crippen LogP contribution in [0.25, 0.3) is 0 Å². The van der Waals surface area contributed by atoms with Crippen LogP contribution < -0.4 is 10.9 Å². The first-order chi connectivity index (χ1) is 9.16. The van der Waals surface area contributed by atoms with Crippen LogP contribution in [0.1, 0.15) is 29.6 Å². The number of aromatic nitrogens is 1. The van der Waals surface area contributed by atoms with E-state index in [9.17, 15) is 14.4 Å². The number of piperidine rings is 1. The summed E-state index contributed by atoms with van der Waals surface area (Å²) in [7, 11) is 0. The number of likely N-dealkylation sites (tertiary alicyclic amines) is 1. The van der Waals surface area contributed by atoms with Crippen LogP contribution in [0.4, 0.5) is 0 Å². The largest absolute Gasteiger partial charge is 0.343 e. The second-order valence-electron chi connectivity index (χ2n) is 4.57. The van der Waals surface area contributed by atoms with Crippen molar-refractivity contribution in [2.75, 3.05) is 19.6 Å². The summed E-state index contributed by atoms with van der Waals surface area (Å²) in [6.45, 7) is 1.54. The summed E-state index contributed by atoms with van der Waals surface area (Å²) in [6, 6.07) is 2.71. The predicted octanol–water partition coefficient (Wildman–Crippen LogP) is 0.117. The Morgan fingerprint density at radius 3 is 2.58 bits per heavy atom. The summed E-state index contributed by atoms with van der Waals surface area (Å²) >= 11 is 0. The van der Waals surface area contributed by atoms with Crippen molar-refractivity contribution in [1.29, 1.82) is 0 Å². The van der Waals surface area contributed by atoms with Gasteiger partial charge in [-0.15, -0.1) is 0 Å². The van der Waals surface area contributed by atoms with Gasteiger partial charge in [-0.1, -0.05) is 0 Å².